The molecule has 0 atom stereocenters. The number of anilines is 1. The number of rotatable bonds is 6. The normalized spacial score (nSPS) is 16.1. The smallest absolute Gasteiger partial charge is 0.293 e. The number of aryl methyl sites for hydroxylation is 1. The van der Waals surface area contributed by atoms with E-state index >= 15 is 0 Å². The Morgan fingerprint density at radius 3 is 2.54 bits per heavy atom. The van der Waals surface area contributed by atoms with Crippen LogP contribution in [0, 0.1) is 17.0 Å². The summed E-state index contributed by atoms with van der Waals surface area (Å²) in [7, 11) is -3.99. The number of nitrogens with two attached hydrogens (primary N) is 1. The maximum absolute atomic E-state index is 11.4. The Hall–Kier alpha value is -2.49. The second-order valence-electron chi connectivity index (χ2n) is 7.16. The fraction of sp³-hybridized carbons (Fsp3) is 0.368. The number of hydrogen-bond acceptors (Lipinski definition) is 6. The Morgan fingerprint density at radius 2 is 1.93 bits per heavy atom. The molecule has 2 aromatic rings. The van der Waals surface area contributed by atoms with Crippen LogP contribution in [-0.2, 0) is 16.6 Å². The van der Waals surface area contributed by atoms with Gasteiger partial charge in [0.05, 0.1) is 9.82 Å². The average Bonchev–Trinajstić information content (AvgIpc) is 2.62. The topological polar surface area (TPSA) is 119 Å². The number of sulfonamides is 1. The molecule has 0 aliphatic carbocycles. The van der Waals surface area contributed by atoms with Crippen molar-refractivity contribution < 1.29 is 13.3 Å². The van der Waals surface area contributed by atoms with E-state index in [0.717, 1.165) is 38.5 Å². The number of likely N-dealkylation sites (tertiary alicyclic amines) is 1. The summed E-state index contributed by atoms with van der Waals surface area (Å²) >= 11 is 0. The molecule has 0 saturated carbocycles. The van der Waals surface area contributed by atoms with Crippen LogP contribution in [-0.4, -0.2) is 37.4 Å². The summed E-state index contributed by atoms with van der Waals surface area (Å²) in [5.74, 6) is 0. The minimum atomic E-state index is -3.99. The van der Waals surface area contributed by atoms with Gasteiger partial charge in [0.2, 0.25) is 10.0 Å². The van der Waals surface area contributed by atoms with Crippen LogP contribution in [0.15, 0.2) is 47.4 Å². The maximum Gasteiger partial charge on any atom is 0.293 e. The molecule has 1 aliphatic rings. The number of primary sulfonamides is 1. The van der Waals surface area contributed by atoms with Crippen LogP contribution < -0.4 is 10.5 Å². The number of nitrogens with one attached hydrogen (secondary N) is 1. The van der Waals surface area contributed by atoms with E-state index in [9.17, 15) is 18.5 Å². The van der Waals surface area contributed by atoms with E-state index in [2.05, 4.69) is 41.4 Å². The summed E-state index contributed by atoms with van der Waals surface area (Å²) in [6.45, 7) is 4.73. The van der Waals surface area contributed by atoms with Gasteiger partial charge in [-0.1, -0.05) is 29.8 Å². The molecule has 28 heavy (non-hydrogen) atoms. The van der Waals surface area contributed by atoms with Crippen molar-refractivity contribution in [2.45, 2.75) is 37.2 Å². The summed E-state index contributed by atoms with van der Waals surface area (Å²) in [4.78, 5) is 12.9. The number of piperidine rings is 1. The molecular formula is C19H24N4O4S. The fourth-order valence-electron chi connectivity index (χ4n) is 3.49. The lowest BCUT2D eigenvalue weighted by Gasteiger charge is -2.32. The lowest BCUT2D eigenvalue weighted by atomic mass is 10.0. The van der Waals surface area contributed by atoms with Gasteiger partial charge in [0.15, 0.2) is 0 Å². The zero-order valence-electron chi connectivity index (χ0n) is 15.7. The predicted octanol–water partition coefficient (Wildman–Crippen LogP) is 2.63. The van der Waals surface area contributed by atoms with E-state index in [1.807, 2.05) is 0 Å². The fourth-order valence-corrected chi connectivity index (χ4v) is 4.02. The highest BCUT2D eigenvalue weighted by molar-refractivity contribution is 7.89. The van der Waals surface area contributed by atoms with Gasteiger partial charge < -0.3 is 5.32 Å². The molecule has 9 heteroatoms. The number of hydrogen-bond donors (Lipinski definition) is 2. The van der Waals surface area contributed by atoms with E-state index in [0.29, 0.717) is 5.69 Å². The molecule has 0 unspecified atom stereocenters. The molecule has 3 rings (SSSR count). The Balaban J connectivity index is 1.63. The van der Waals surface area contributed by atoms with Crippen molar-refractivity contribution in [2.75, 3.05) is 18.4 Å². The molecule has 1 saturated heterocycles. The van der Waals surface area contributed by atoms with Gasteiger partial charge in [-0.05, 0) is 37.5 Å². The Kier molecular flexibility index (Phi) is 5.97. The molecule has 0 spiro atoms. The molecule has 150 valence electrons. The molecule has 2 aromatic carbocycles. The van der Waals surface area contributed by atoms with Gasteiger partial charge in [0.1, 0.15) is 5.69 Å². The van der Waals surface area contributed by atoms with E-state index in [4.69, 9.17) is 5.14 Å². The third-order valence-corrected chi connectivity index (χ3v) is 5.84. The predicted molar refractivity (Wildman–Crippen MR) is 108 cm³/mol. The first-order chi connectivity index (χ1) is 13.2. The molecule has 1 aliphatic heterocycles. The second-order valence-corrected chi connectivity index (χ2v) is 8.73. The van der Waals surface area contributed by atoms with Crippen molar-refractivity contribution >= 4 is 21.4 Å². The van der Waals surface area contributed by atoms with Crippen molar-refractivity contribution in [1.82, 2.24) is 4.90 Å². The molecule has 1 fully saturated rings. The van der Waals surface area contributed by atoms with Crippen molar-refractivity contribution in [3.63, 3.8) is 0 Å². The van der Waals surface area contributed by atoms with Crippen molar-refractivity contribution in [1.29, 1.82) is 0 Å². The third kappa shape index (κ3) is 5.06. The van der Waals surface area contributed by atoms with Gasteiger partial charge in [-0.2, -0.15) is 0 Å². The first kappa shape index (κ1) is 20.2. The minimum absolute atomic E-state index is 0.0905. The first-order valence-corrected chi connectivity index (χ1v) is 10.6. The van der Waals surface area contributed by atoms with Crippen molar-refractivity contribution in [3.8, 4) is 0 Å². The summed E-state index contributed by atoms with van der Waals surface area (Å²) < 4.78 is 22.9. The molecule has 1 heterocycles. The number of benzene rings is 2. The highest BCUT2D eigenvalue weighted by Gasteiger charge is 2.24. The average molecular weight is 404 g/mol. The number of nitrogens with zero attached hydrogens (tertiary/aromatic N) is 2. The zero-order chi connectivity index (χ0) is 20.3. The van der Waals surface area contributed by atoms with Crippen LogP contribution in [0.2, 0.25) is 0 Å². The van der Waals surface area contributed by atoms with Crippen molar-refractivity contribution in [2.24, 2.45) is 5.14 Å². The van der Waals surface area contributed by atoms with Gasteiger partial charge in [0, 0.05) is 31.7 Å². The highest BCUT2D eigenvalue weighted by Crippen LogP contribution is 2.29. The highest BCUT2D eigenvalue weighted by atomic mass is 32.2. The standard InChI is InChI=1S/C19H24N4O4S/c1-14-3-2-4-15(11-14)13-22-9-7-16(8-10-22)21-18-6-5-17(28(20,26)27)12-19(18)23(24)25/h2-6,11-12,16,21H,7-10,13H2,1H3,(H2,20,26,27). The minimum Gasteiger partial charge on any atom is -0.377 e. The molecule has 0 bridgehead atoms. The largest absolute Gasteiger partial charge is 0.377 e. The maximum atomic E-state index is 11.4. The molecule has 0 radical (unpaired) electrons. The first-order valence-electron chi connectivity index (χ1n) is 9.08. The summed E-state index contributed by atoms with van der Waals surface area (Å²) in [5, 5.41) is 19.6. The number of nitro benzene ring substituents is 1. The van der Waals surface area contributed by atoms with Crippen LogP contribution in [0.4, 0.5) is 11.4 Å². The lowest BCUT2D eigenvalue weighted by molar-refractivity contribution is -0.384. The summed E-state index contributed by atoms with van der Waals surface area (Å²) in [5.41, 5.74) is 2.55. The van der Waals surface area contributed by atoms with E-state index in [1.54, 1.807) is 0 Å². The monoisotopic (exact) mass is 404 g/mol. The van der Waals surface area contributed by atoms with Crippen molar-refractivity contribution in [3.05, 3.63) is 63.7 Å². The Bertz CT molecular complexity index is 970. The zero-order valence-corrected chi connectivity index (χ0v) is 16.5. The van der Waals surface area contributed by atoms with Gasteiger partial charge in [-0.25, -0.2) is 13.6 Å². The molecule has 3 N–H and O–H groups in total. The molecular weight excluding hydrogens is 380 g/mol. The van der Waals surface area contributed by atoms with E-state index in [1.165, 1.54) is 23.3 Å². The summed E-state index contributed by atoms with van der Waals surface area (Å²) in [6, 6.07) is 12.2. The second kappa shape index (κ2) is 8.26. The van der Waals surface area contributed by atoms with E-state index < -0.39 is 14.9 Å². The van der Waals surface area contributed by atoms with Gasteiger partial charge in [-0.15, -0.1) is 0 Å². The molecule has 0 amide bonds. The van der Waals surface area contributed by atoms with Crippen LogP contribution >= 0.6 is 0 Å². The molecule has 8 nitrogen and oxygen atoms in total. The lowest BCUT2D eigenvalue weighted by Crippen LogP contribution is -2.38. The van der Waals surface area contributed by atoms with Gasteiger partial charge in [0.25, 0.3) is 5.69 Å². The molecule has 0 aromatic heterocycles. The van der Waals surface area contributed by atoms with Crippen LogP contribution in [0.5, 0.6) is 0 Å². The SMILES string of the molecule is Cc1cccc(CN2CCC(Nc3ccc(S(N)(=O)=O)cc3[N+](=O)[O-])CC2)c1. The third-order valence-electron chi connectivity index (χ3n) is 4.93. The Morgan fingerprint density at radius 1 is 1.21 bits per heavy atom. The van der Waals surface area contributed by atoms with E-state index in [-0.39, 0.29) is 16.6 Å². The summed E-state index contributed by atoms with van der Waals surface area (Å²) in [6.07, 6.45) is 1.69. The van der Waals surface area contributed by atoms with Gasteiger partial charge >= 0.3 is 0 Å². The van der Waals surface area contributed by atoms with Crippen LogP contribution in [0.25, 0.3) is 0 Å². The number of nitro groups is 1. The quantitative estimate of drug-likeness (QED) is 0.564. The van der Waals surface area contributed by atoms with Gasteiger partial charge in [-0.3, -0.25) is 15.0 Å². The van der Waals surface area contributed by atoms with Crippen LogP contribution in [0.3, 0.4) is 0 Å². The Labute approximate surface area is 164 Å². The van der Waals surface area contributed by atoms with Crippen LogP contribution in [0.1, 0.15) is 24.0 Å².